The highest BCUT2D eigenvalue weighted by atomic mass is 16.3. The van der Waals surface area contributed by atoms with Crippen LogP contribution in [-0.2, 0) is 0 Å². The van der Waals surface area contributed by atoms with Crippen molar-refractivity contribution in [3.63, 3.8) is 0 Å². The summed E-state index contributed by atoms with van der Waals surface area (Å²) in [5, 5.41) is 3.82. The maximum Gasteiger partial charge on any atom is 0.122 e. The van der Waals surface area contributed by atoms with Gasteiger partial charge < -0.3 is 14.6 Å². The second-order valence-electron chi connectivity index (χ2n) is 6.61. The molecule has 4 heteroatoms. The van der Waals surface area contributed by atoms with Crippen molar-refractivity contribution in [2.45, 2.75) is 44.2 Å². The summed E-state index contributed by atoms with van der Waals surface area (Å²) in [6.07, 6.45) is 8.33. The van der Waals surface area contributed by atoms with Crippen molar-refractivity contribution in [3.8, 4) is 0 Å². The summed E-state index contributed by atoms with van der Waals surface area (Å²) in [7, 11) is 2.23. The van der Waals surface area contributed by atoms with E-state index >= 15 is 0 Å². The lowest BCUT2D eigenvalue weighted by molar-refractivity contribution is 0.202. The van der Waals surface area contributed by atoms with Crippen molar-refractivity contribution >= 4 is 0 Å². The van der Waals surface area contributed by atoms with Gasteiger partial charge in [0.05, 0.1) is 12.3 Å². The van der Waals surface area contributed by atoms with Gasteiger partial charge in [-0.3, -0.25) is 4.90 Å². The molecule has 0 aliphatic carbocycles. The van der Waals surface area contributed by atoms with E-state index in [1.807, 2.05) is 6.07 Å². The molecule has 21 heavy (non-hydrogen) atoms. The lowest BCUT2D eigenvalue weighted by atomic mass is 10.1. The number of hydrogen-bond acceptors (Lipinski definition) is 4. The number of nitrogens with one attached hydrogen (secondary N) is 1. The Bertz CT molecular complexity index is 400. The van der Waals surface area contributed by atoms with Crippen LogP contribution in [0.2, 0.25) is 0 Å². The predicted molar refractivity (Wildman–Crippen MR) is 85.4 cm³/mol. The van der Waals surface area contributed by atoms with Crippen LogP contribution >= 0.6 is 0 Å². The van der Waals surface area contributed by atoms with Crippen LogP contribution in [0.25, 0.3) is 0 Å². The molecule has 2 unspecified atom stereocenters. The van der Waals surface area contributed by atoms with Crippen LogP contribution in [-0.4, -0.2) is 55.6 Å². The van der Waals surface area contributed by atoms with Crippen LogP contribution in [0, 0.1) is 0 Å². The molecule has 1 aromatic heterocycles. The summed E-state index contributed by atoms with van der Waals surface area (Å²) in [5.41, 5.74) is 0. The third-order valence-electron chi connectivity index (χ3n) is 5.00. The van der Waals surface area contributed by atoms with Crippen LogP contribution in [0.1, 0.15) is 43.9 Å². The van der Waals surface area contributed by atoms with Gasteiger partial charge >= 0.3 is 0 Å². The maximum atomic E-state index is 5.70. The van der Waals surface area contributed by atoms with E-state index in [9.17, 15) is 0 Å². The first-order valence-corrected chi connectivity index (χ1v) is 8.52. The number of rotatable bonds is 5. The molecule has 2 aliphatic heterocycles. The zero-order chi connectivity index (χ0) is 14.5. The standard InChI is InChI=1S/C17H29N3O/c1-19-9-4-6-15(8-12-19)18-14-16(17-7-5-13-21-17)20-10-2-3-11-20/h5,7,13,15-16,18H,2-4,6,8-12,14H2,1H3. The van der Waals surface area contributed by atoms with Crippen LogP contribution in [0.5, 0.6) is 0 Å². The van der Waals surface area contributed by atoms with Gasteiger partial charge in [-0.1, -0.05) is 0 Å². The van der Waals surface area contributed by atoms with E-state index in [0.29, 0.717) is 12.1 Å². The molecular weight excluding hydrogens is 262 g/mol. The second kappa shape index (κ2) is 7.43. The van der Waals surface area contributed by atoms with Crippen molar-refractivity contribution in [3.05, 3.63) is 24.2 Å². The van der Waals surface area contributed by atoms with E-state index in [1.54, 1.807) is 6.26 Å². The van der Waals surface area contributed by atoms with E-state index in [4.69, 9.17) is 4.42 Å². The quantitative estimate of drug-likeness (QED) is 0.903. The fourth-order valence-electron chi connectivity index (χ4n) is 3.67. The van der Waals surface area contributed by atoms with E-state index in [2.05, 4.69) is 28.2 Å². The van der Waals surface area contributed by atoms with Gasteiger partial charge in [0, 0.05) is 12.6 Å². The molecule has 3 rings (SSSR count). The molecule has 1 aromatic rings. The lowest BCUT2D eigenvalue weighted by Gasteiger charge is -2.28. The van der Waals surface area contributed by atoms with Crippen molar-refractivity contribution in [1.82, 2.24) is 15.1 Å². The van der Waals surface area contributed by atoms with Crippen LogP contribution < -0.4 is 5.32 Å². The van der Waals surface area contributed by atoms with E-state index in [-0.39, 0.29) is 0 Å². The highest BCUT2D eigenvalue weighted by molar-refractivity contribution is 5.06. The third kappa shape index (κ3) is 4.09. The van der Waals surface area contributed by atoms with Crippen LogP contribution in [0.4, 0.5) is 0 Å². The minimum Gasteiger partial charge on any atom is -0.468 e. The Balaban J connectivity index is 1.57. The van der Waals surface area contributed by atoms with Gasteiger partial charge in [0.15, 0.2) is 0 Å². The van der Waals surface area contributed by atoms with Gasteiger partial charge in [-0.2, -0.15) is 0 Å². The maximum absolute atomic E-state index is 5.70. The molecule has 0 radical (unpaired) electrons. The highest BCUT2D eigenvalue weighted by Crippen LogP contribution is 2.25. The average molecular weight is 291 g/mol. The normalized spacial score (nSPS) is 26.8. The van der Waals surface area contributed by atoms with Gasteiger partial charge in [-0.05, 0) is 77.5 Å². The summed E-state index contributed by atoms with van der Waals surface area (Å²) in [4.78, 5) is 5.03. The SMILES string of the molecule is CN1CCCC(NCC(c2ccco2)N2CCCC2)CC1. The molecule has 0 bridgehead atoms. The molecule has 1 N–H and O–H groups in total. The Morgan fingerprint density at radius 2 is 2.05 bits per heavy atom. The fraction of sp³-hybridized carbons (Fsp3) is 0.765. The number of likely N-dealkylation sites (tertiary alicyclic amines) is 2. The molecule has 118 valence electrons. The Morgan fingerprint density at radius 1 is 1.19 bits per heavy atom. The summed E-state index contributed by atoms with van der Waals surface area (Å²) in [5.74, 6) is 1.12. The van der Waals surface area contributed by atoms with E-state index in [1.165, 1.54) is 58.3 Å². The van der Waals surface area contributed by atoms with Crippen molar-refractivity contribution < 1.29 is 4.42 Å². The number of nitrogens with zero attached hydrogens (tertiary/aromatic N) is 2. The molecule has 2 saturated heterocycles. The average Bonchev–Trinajstić information content (AvgIpc) is 3.15. The first-order valence-electron chi connectivity index (χ1n) is 8.52. The molecule has 4 nitrogen and oxygen atoms in total. The van der Waals surface area contributed by atoms with Gasteiger partial charge in [-0.25, -0.2) is 0 Å². The molecule has 0 amide bonds. The zero-order valence-electron chi connectivity index (χ0n) is 13.3. The van der Waals surface area contributed by atoms with Gasteiger partial charge in [0.1, 0.15) is 5.76 Å². The molecule has 2 fully saturated rings. The molecule has 3 heterocycles. The summed E-state index contributed by atoms with van der Waals surface area (Å²) < 4.78 is 5.70. The number of hydrogen-bond donors (Lipinski definition) is 1. The fourth-order valence-corrected chi connectivity index (χ4v) is 3.67. The monoisotopic (exact) mass is 291 g/mol. The van der Waals surface area contributed by atoms with Crippen molar-refractivity contribution in [2.75, 3.05) is 39.8 Å². The van der Waals surface area contributed by atoms with Gasteiger partial charge in [-0.15, -0.1) is 0 Å². The largest absolute Gasteiger partial charge is 0.468 e. The lowest BCUT2D eigenvalue weighted by Crippen LogP contribution is -2.39. The molecule has 0 spiro atoms. The minimum absolute atomic E-state index is 0.406. The van der Waals surface area contributed by atoms with Crippen LogP contribution in [0.3, 0.4) is 0 Å². The zero-order valence-corrected chi connectivity index (χ0v) is 13.3. The Hall–Kier alpha value is -0.840. The first-order chi connectivity index (χ1) is 10.3. The van der Waals surface area contributed by atoms with Gasteiger partial charge in [0.25, 0.3) is 0 Å². The van der Waals surface area contributed by atoms with Crippen LogP contribution in [0.15, 0.2) is 22.8 Å². The van der Waals surface area contributed by atoms with Gasteiger partial charge in [0.2, 0.25) is 0 Å². The molecular formula is C17H29N3O. The Kier molecular flexibility index (Phi) is 5.33. The smallest absolute Gasteiger partial charge is 0.122 e. The predicted octanol–water partition coefficient (Wildman–Crippen LogP) is 2.49. The van der Waals surface area contributed by atoms with E-state index in [0.717, 1.165) is 12.3 Å². The summed E-state index contributed by atoms with van der Waals surface area (Å²) in [6.45, 7) is 5.89. The van der Waals surface area contributed by atoms with E-state index < -0.39 is 0 Å². The Morgan fingerprint density at radius 3 is 2.81 bits per heavy atom. The summed E-state index contributed by atoms with van der Waals surface area (Å²) in [6, 6.07) is 5.21. The number of furan rings is 1. The molecule has 2 aliphatic rings. The van der Waals surface area contributed by atoms with Crippen molar-refractivity contribution in [1.29, 1.82) is 0 Å². The highest BCUT2D eigenvalue weighted by Gasteiger charge is 2.26. The third-order valence-corrected chi connectivity index (χ3v) is 5.00. The first kappa shape index (κ1) is 15.1. The molecule has 2 atom stereocenters. The Labute approximate surface area is 128 Å². The molecule has 0 saturated carbocycles. The molecule has 0 aromatic carbocycles. The van der Waals surface area contributed by atoms with Crippen molar-refractivity contribution in [2.24, 2.45) is 0 Å². The second-order valence-corrected chi connectivity index (χ2v) is 6.61. The summed E-state index contributed by atoms with van der Waals surface area (Å²) >= 11 is 0. The topological polar surface area (TPSA) is 31.6 Å². The minimum atomic E-state index is 0.406.